The maximum absolute atomic E-state index is 9.35. The molecular formula is C10H23NO2. The van der Waals surface area contributed by atoms with Gasteiger partial charge >= 0.3 is 0 Å². The van der Waals surface area contributed by atoms with Gasteiger partial charge in [0.05, 0.1) is 18.8 Å². The molecule has 0 bridgehead atoms. The number of likely N-dealkylation sites (N-methyl/N-ethyl adjacent to an activating group) is 1. The molecule has 13 heavy (non-hydrogen) atoms. The van der Waals surface area contributed by atoms with Crippen molar-refractivity contribution in [1.29, 1.82) is 0 Å². The van der Waals surface area contributed by atoms with Crippen molar-refractivity contribution in [2.24, 2.45) is 0 Å². The number of hydrogen-bond acceptors (Lipinski definition) is 3. The van der Waals surface area contributed by atoms with Crippen LogP contribution >= 0.6 is 0 Å². The molecule has 0 heterocycles. The van der Waals surface area contributed by atoms with E-state index < -0.39 is 0 Å². The van der Waals surface area contributed by atoms with Gasteiger partial charge in [-0.25, -0.2) is 0 Å². The third kappa shape index (κ3) is 8.22. The quantitative estimate of drug-likeness (QED) is 0.651. The maximum atomic E-state index is 9.35. The fourth-order valence-corrected chi connectivity index (χ4v) is 1.02. The number of aliphatic hydroxyl groups excluding tert-OH is 1. The average Bonchev–Trinajstić information content (AvgIpc) is 2.03. The molecular weight excluding hydrogens is 166 g/mol. The summed E-state index contributed by atoms with van der Waals surface area (Å²) < 4.78 is 5.40. The first-order chi connectivity index (χ1) is 6.06. The zero-order valence-electron chi connectivity index (χ0n) is 9.29. The van der Waals surface area contributed by atoms with Crippen molar-refractivity contribution in [2.45, 2.75) is 39.4 Å². The summed E-state index contributed by atoms with van der Waals surface area (Å²) in [5, 5.41) is 9.35. The Bertz CT molecular complexity index is 117. The molecule has 0 saturated carbocycles. The van der Waals surface area contributed by atoms with Gasteiger partial charge < -0.3 is 14.7 Å². The third-order valence-corrected chi connectivity index (χ3v) is 1.92. The van der Waals surface area contributed by atoms with E-state index in [1.54, 1.807) is 0 Å². The molecule has 0 fully saturated rings. The van der Waals surface area contributed by atoms with Crippen LogP contribution in [0.25, 0.3) is 0 Å². The topological polar surface area (TPSA) is 32.7 Å². The minimum absolute atomic E-state index is 0.205. The van der Waals surface area contributed by atoms with Crippen LogP contribution < -0.4 is 0 Å². The SMILES string of the molecule is CCC(O)CN(C)CCOC(C)C. The van der Waals surface area contributed by atoms with Crippen LogP contribution in [0.3, 0.4) is 0 Å². The van der Waals surface area contributed by atoms with Gasteiger partial charge in [0.25, 0.3) is 0 Å². The predicted octanol–water partition coefficient (Wildman–Crippen LogP) is 1.11. The molecule has 0 spiro atoms. The lowest BCUT2D eigenvalue weighted by Crippen LogP contribution is -2.31. The Labute approximate surface area is 81.7 Å². The van der Waals surface area contributed by atoms with Gasteiger partial charge in [-0.1, -0.05) is 6.92 Å². The maximum Gasteiger partial charge on any atom is 0.0664 e. The van der Waals surface area contributed by atoms with E-state index in [2.05, 4.69) is 4.90 Å². The molecule has 0 amide bonds. The Hall–Kier alpha value is -0.120. The summed E-state index contributed by atoms with van der Waals surface area (Å²) in [6.07, 6.45) is 0.906. The molecule has 0 aromatic heterocycles. The van der Waals surface area contributed by atoms with E-state index in [1.807, 2.05) is 27.8 Å². The zero-order chi connectivity index (χ0) is 10.3. The molecule has 1 N–H and O–H groups in total. The van der Waals surface area contributed by atoms with Crippen molar-refractivity contribution in [3.05, 3.63) is 0 Å². The van der Waals surface area contributed by atoms with E-state index in [4.69, 9.17) is 4.74 Å². The number of ether oxygens (including phenoxy) is 1. The van der Waals surface area contributed by atoms with E-state index >= 15 is 0 Å². The van der Waals surface area contributed by atoms with Crippen molar-refractivity contribution < 1.29 is 9.84 Å². The molecule has 0 aromatic rings. The van der Waals surface area contributed by atoms with Crippen LogP contribution in [-0.4, -0.2) is 49.0 Å². The first-order valence-corrected chi connectivity index (χ1v) is 5.04. The molecule has 0 aromatic carbocycles. The summed E-state index contributed by atoms with van der Waals surface area (Å²) in [7, 11) is 2.00. The van der Waals surface area contributed by atoms with E-state index in [9.17, 15) is 5.11 Å². The second-order valence-corrected chi connectivity index (χ2v) is 3.74. The van der Waals surface area contributed by atoms with E-state index in [1.165, 1.54) is 0 Å². The summed E-state index contributed by atoms with van der Waals surface area (Å²) in [4.78, 5) is 2.09. The molecule has 0 saturated heterocycles. The van der Waals surface area contributed by atoms with Crippen LogP contribution in [0.15, 0.2) is 0 Å². The molecule has 0 aliphatic carbocycles. The molecule has 0 aliphatic rings. The van der Waals surface area contributed by atoms with Gasteiger partial charge in [-0.15, -0.1) is 0 Å². The summed E-state index contributed by atoms with van der Waals surface area (Å²) in [6.45, 7) is 8.41. The van der Waals surface area contributed by atoms with Crippen LogP contribution in [0, 0.1) is 0 Å². The highest BCUT2D eigenvalue weighted by Crippen LogP contribution is 1.94. The molecule has 3 heteroatoms. The Morgan fingerprint density at radius 2 is 2.00 bits per heavy atom. The molecule has 0 radical (unpaired) electrons. The lowest BCUT2D eigenvalue weighted by molar-refractivity contribution is 0.0515. The Balaban J connectivity index is 3.34. The minimum Gasteiger partial charge on any atom is -0.392 e. The van der Waals surface area contributed by atoms with Crippen molar-refractivity contribution in [3.63, 3.8) is 0 Å². The lowest BCUT2D eigenvalue weighted by Gasteiger charge is -2.20. The summed E-state index contributed by atoms with van der Waals surface area (Å²) >= 11 is 0. The summed E-state index contributed by atoms with van der Waals surface area (Å²) in [6, 6.07) is 0. The Morgan fingerprint density at radius 1 is 1.38 bits per heavy atom. The molecule has 1 atom stereocenters. The van der Waals surface area contributed by atoms with Gasteiger partial charge in [0.15, 0.2) is 0 Å². The van der Waals surface area contributed by atoms with Crippen molar-refractivity contribution >= 4 is 0 Å². The molecule has 0 rings (SSSR count). The second kappa shape index (κ2) is 7.30. The van der Waals surface area contributed by atoms with Crippen LogP contribution in [0.5, 0.6) is 0 Å². The van der Waals surface area contributed by atoms with E-state index in [-0.39, 0.29) is 6.10 Å². The van der Waals surface area contributed by atoms with Gasteiger partial charge in [-0.05, 0) is 27.3 Å². The summed E-state index contributed by atoms with van der Waals surface area (Å²) in [5.41, 5.74) is 0. The fourth-order valence-electron chi connectivity index (χ4n) is 1.02. The van der Waals surface area contributed by atoms with Gasteiger partial charge in [0.1, 0.15) is 0 Å². The number of nitrogens with zero attached hydrogens (tertiary/aromatic N) is 1. The number of hydrogen-bond donors (Lipinski definition) is 1. The highest BCUT2D eigenvalue weighted by molar-refractivity contribution is 4.58. The first kappa shape index (κ1) is 12.9. The summed E-state index contributed by atoms with van der Waals surface area (Å²) in [5.74, 6) is 0. The standard InChI is InChI=1S/C10H23NO2/c1-5-10(12)8-11(4)6-7-13-9(2)3/h9-10,12H,5-8H2,1-4H3. The smallest absolute Gasteiger partial charge is 0.0664 e. The highest BCUT2D eigenvalue weighted by Gasteiger charge is 2.05. The Morgan fingerprint density at radius 3 is 2.46 bits per heavy atom. The minimum atomic E-state index is -0.205. The van der Waals surface area contributed by atoms with Gasteiger partial charge in [-0.2, -0.15) is 0 Å². The number of rotatable bonds is 7. The molecule has 80 valence electrons. The van der Waals surface area contributed by atoms with Crippen molar-refractivity contribution in [1.82, 2.24) is 4.90 Å². The van der Waals surface area contributed by atoms with Crippen molar-refractivity contribution in [2.75, 3.05) is 26.7 Å². The van der Waals surface area contributed by atoms with Crippen LogP contribution in [0.1, 0.15) is 27.2 Å². The van der Waals surface area contributed by atoms with Gasteiger partial charge in [-0.3, -0.25) is 0 Å². The Kier molecular flexibility index (Phi) is 7.23. The fraction of sp³-hybridized carbons (Fsp3) is 1.00. The lowest BCUT2D eigenvalue weighted by atomic mass is 10.2. The molecule has 0 aliphatic heterocycles. The zero-order valence-corrected chi connectivity index (χ0v) is 9.29. The largest absolute Gasteiger partial charge is 0.392 e. The first-order valence-electron chi connectivity index (χ1n) is 5.04. The number of aliphatic hydroxyl groups is 1. The molecule has 3 nitrogen and oxygen atoms in total. The second-order valence-electron chi connectivity index (χ2n) is 3.74. The van der Waals surface area contributed by atoms with Crippen LogP contribution in [0.2, 0.25) is 0 Å². The predicted molar refractivity (Wildman–Crippen MR) is 54.9 cm³/mol. The highest BCUT2D eigenvalue weighted by atomic mass is 16.5. The average molecular weight is 189 g/mol. The van der Waals surface area contributed by atoms with E-state index in [0.29, 0.717) is 6.10 Å². The van der Waals surface area contributed by atoms with Crippen molar-refractivity contribution in [3.8, 4) is 0 Å². The van der Waals surface area contributed by atoms with E-state index in [0.717, 1.165) is 26.1 Å². The monoisotopic (exact) mass is 189 g/mol. The third-order valence-electron chi connectivity index (χ3n) is 1.92. The van der Waals surface area contributed by atoms with Crippen LogP contribution in [-0.2, 0) is 4.74 Å². The molecule has 1 unspecified atom stereocenters. The van der Waals surface area contributed by atoms with Gasteiger partial charge in [0, 0.05) is 13.1 Å². The van der Waals surface area contributed by atoms with Crippen LogP contribution in [0.4, 0.5) is 0 Å². The normalized spacial score (nSPS) is 14.1. The van der Waals surface area contributed by atoms with Gasteiger partial charge in [0.2, 0.25) is 0 Å².